The van der Waals surface area contributed by atoms with Crippen molar-refractivity contribution in [2.24, 2.45) is 19.1 Å². The minimum Gasteiger partial charge on any atom is -0.494 e. The first kappa shape index (κ1) is 19.9. The fourth-order valence-electron chi connectivity index (χ4n) is 3.07. The number of nitrogens with zero attached hydrogens (tertiary/aromatic N) is 5. The molecule has 1 amide bonds. The maximum absolute atomic E-state index is 12.4. The van der Waals surface area contributed by atoms with E-state index in [2.05, 4.69) is 9.89 Å². The van der Waals surface area contributed by atoms with Crippen LogP contribution in [0.5, 0.6) is 5.88 Å². The lowest BCUT2D eigenvalue weighted by molar-refractivity contribution is -0.130. The van der Waals surface area contributed by atoms with Gasteiger partial charge in [-0.05, 0) is 6.42 Å². The van der Waals surface area contributed by atoms with Gasteiger partial charge in [-0.15, -0.1) is 0 Å². The molecule has 0 unspecified atom stereocenters. The summed E-state index contributed by atoms with van der Waals surface area (Å²) >= 11 is 0. The SMILES string of the molecule is CCC(=NCCN1CCN(C(C)=O)CC1)c1c(O)n(C)c(=O)n(C)c1=O. The van der Waals surface area contributed by atoms with Crippen molar-refractivity contribution in [2.45, 2.75) is 20.3 Å². The minimum absolute atomic E-state index is 0.0819. The summed E-state index contributed by atoms with van der Waals surface area (Å²) in [6, 6.07) is 0. The molecule has 1 N–H and O–H groups in total. The highest BCUT2D eigenvalue weighted by molar-refractivity contribution is 6.01. The van der Waals surface area contributed by atoms with E-state index >= 15 is 0 Å². The van der Waals surface area contributed by atoms with E-state index in [-0.39, 0.29) is 17.4 Å². The average molecular weight is 365 g/mol. The molecular weight excluding hydrogens is 338 g/mol. The molecular formula is C17H27N5O4. The number of aromatic hydroxyl groups is 1. The standard InChI is InChI=1S/C17H27N5O4/c1-5-13(14-15(24)19(3)17(26)20(4)16(14)25)18-6-7-21-8-10-22(11-9-21)12(2)23/h24H,5-11H2,1-4H3. The molecule has 1 aliphatic heterocycles. The lowest BCUT2D eigenvalue weighted by atomic mass is 10.1. The second-order valence-corrected chi connectivity index (χ2v) is 6.43. The first-order valence-corrected chi connectivity index (χ1v) is 8.78. The van der Waals surface area contributed by atoms with Gasteiger partial charge in [-0.2, -0.15) is 0 Å². The zero-order valence-electron chi connectivity index (χ0n) is 15.9. The van der Waals surface area contributed by atoms with Crippen LogP contribution >= 0.6 is 0 Å². The molecule has 2 rings (SSSR count). The van der Waals surface area contributed by atoms with Crippen LogP contribution in [0.1, 0.15) is 25.8 Å². The van der Waals surface area contributed by atoms with Gasteiger partial charge in [0.2, 0.25) is 11.8 Å². The van der Waals surface area contributed by atoms with E-state index in [1.165, 1.54) is 14.1 Å². The number of amides is 1. The van der Waals surface area contributed by atoms with Crippen molar-refractivity contribution in [3.8, 4) is 5.88 Å². The van der Waals surface area contributed by atoms with Gasteiger partial charge in [-0.1, -0.05) is 6.92 Å². The van der Waals surface area contributed by atoms with E-state index in [0.717, 1.165) is 22.2 Å². The van der Waals surface area contributed by atoms with Gasteiger partial charge in [-0.3, -0.25) is 28.6 Å². The number of piperazine rings is 1. The van der Waals surface area contributed by atoms with Crippen LogP contribution in [0.15, 0.2) is 14.6 Å². The van der Waals surface area contributed by atoms with Crippen LogP contribution in [-0.2, 0) is 18.9 Å². The smallest absolute Gasteiger partial charge is 0.333 e. The van der Waals surface area contributed by atoms with E-state index in [0.29, 0.717) is 38.3 Å². The Balaban J connectivity index is 2.12. The lowest BCUT2D eigenvalue weighted by Gasteiger charge is -2.33. The quantitative estimate of drug-likeness (QED) is 0.686. The van der Waals surface area contributed by atoms with Gasteiger partial charge >= 0.3 is 5.69 Å². The highest BCUT2D eigenvalue weighted by Crippen LogP contribution is 2.12. The Bertz CT molecular complexity index is 816. The first-order valence-electron chi connectivity index (χ1n) is 8.78. The lowest BCUT2D eigenvalue weighted by Crippen LogP contribution is -2.48. The minimum atomic E-state index is -0.574. The van der Waals surface area contributed by atoms with Crippen LogP contribution in [0.3, 0.4) is 0 Å². The van der Waals surface area contributed by atoms with Crippen molar-refractivity contribution < 1.29 is 9.90 Å². The second kappa shape index (κ2) is 8.31. The van der Waals surface area contributed by atoms with Crippen molar-refractivity contribution in [2.75, 3.05) is 39.3 Å². The number of aromatic nitrogens is 2. The zero-order chi connectivity index (χ0) is 19.4. The Morgan fingerprint density at radius 1 is 1.12 bits per heavy atom. The largest absolute Gasteiger partial charge is 0.494 e. The Morgan fingerprint density at radius 3 is 2.27 bits per heavy atom. The Morgan fingerprint density at radius 2 is 1.73 bits per heavy atom. The number of aliphatic imine (C=N–C) groups is 1. The van der Waals surface area contributed by atoms with Crippen LogP contribution in [0.25, 0.3) is 0 Å². The topological polar surface area (TPSA) is 100 Å². The monoisotopic (exact) mass is 365 g/mol. The Labute approximate surface area is 152 Å². The summed E-state index contributed by atoms with van der Waals surface area (Å²) in [6.07, 6.45) is 0.471. The highest BCUT2D eigenvalue weighted by Gasteiger charge is 2.20. The van der Waals surface area contributed by atoms with E-state index in [1.807, 2.05) is 11.8 Å². The Kier molecular flexibility index (Phi) is 6.36. The molecule has 9 nitrogen and oxygen atoms in total. The summed E-state index contributed by atoms with van der Waals surface area (Å²) in [6.45, 7) is 7.63. The molecule has 1 aromatic rings. The zero-order valence-corrected chi connectivity index (χ0v) is 15.9. The summed E-state index contributed by atoms with van der Waals surface area (Å²) in [7, 11) is 2.80. The number of carbonyl (C=O) groups excluding carboxylic acids is 1. The van der Waals surface area contributed by atoms with Crippen molar-refractivity contribution in [1.82, 2.24) is 18.9 Å². The highest BCUT2D eigenvalue weighted by atomic mass is 16.3. The molecule has 1 aliphatic rings. The third kappa shape index (κ3) is 4.04. The van der Waals surface area contributed by atoms with Crippen LogP contribution in [-0.4, -0.2) is 74.9 Å². The van der Waals surface area contributed by atoms with Gasteiger partial charge in [0.05, 0.1) is 12.3 Å². The summed E-state index contributed by atoms with van der Waals surface area (Å²) in [4.78, 5) is 44.1. The van der Waals surface area contributed by atoms with Gasteiger partial charge in [0.15, 0.2) is 0 Å². The predicted octanol–water partition coefficient (Wildman–Crippen LogP) is -0.847. The van der Waals surface area contributed by atoms with E-state index in [9.17, 15) is 19.5 Å². The maximum atomic E-state index is 12.4. The Hall–Kier alpha value is -2.42. The van der Waals surface area contributed by atoms with Gasteiger partial charge < -0.3 is 10.0 Å². The van der Waals surface area contributed by atoms with E-state index in [4.69, 9.17) is 0 Å². The summed E-state index contributed by atoms with van der Waals surface area (Å²) < 4.78 is 2.02. The van der Waals surface area contributed by atoms with Crippen LogP contribution in [0, 0.1) is 0 Å². The molecule has 0 aliphatic carbocycles. The van der Waals surface area contributed by atoms with Crippen LogP contribution < -0.4 is 11.2 Å². The molecule has 0 spiro atoms. The number of rotatable bonds is 5. The van der Waals surface area contributed by atoms with E-state index in [1.54, 1.807) is 6.92 Å². The maximum Gasteiger partial charge on any atom is 0.333 e. The van der Waals surface area contributed by atoms with Gasteiger partial charge in [0.1, 0.15) is 5.56 Å². The second-order valence-electron chi connectivity index (χ2n) is 6.43. The third-order valence-corrected chi connectivity index (χ3v) is 4.79. The number of hydrogen-bond donors (Lipinski definition) is 1. The predicted molar refractivity (Wildman–Crippen MR) is 99.0 cm³/mol. The summed E-state index contributed by atoms with van der Waals surface area (Å²) in [5, 5.41) is 10.2. The molecule has 144 valence electrons. The first-order chi connectivity index (χ1) is 12.3. The van der Waals surface area contributed by atoms with Crippen molar-refractivity contribution in [3.05, 3.63) is 26.4 Å². The number of carbonyl (C=O) groups is 1. The van der Waals surface area contributed by atoms with Crippen molar-refractivity contribution in [1.29, 1.82) is 0 Å². The van der Waals surface area contributed by atoms with Crippen molar-refractivity contribution >= 4 is 11.6 Å². The molecule has 1 fully saturated rings. The average Bonchev–Trinajstić information content (AvgIpc) is 2.64. The van der Waals surface area contributed by atoms with E-state index < -0.39 is 11.2 Å². The summed E-state index contributed by atoms with van der Waals surface area (Å²) in [5.41, 5.74) is -0.545. The summed E-state index contributed by atoms with van der Waals surface area (Å²) in [5.74, 6) is -0.259. The van der Waals surface area contributed by atoms with Gasteiger partial charge in [0, 0.05) is 53.7 Å². The molecule has 0 bridgehead atoms. The fraction of sp³-hybridized carbons (Fsp3) is 0.647. The molecule has 9 heteroatoms. The fourth-order valence-corrected chi connectivity index (χ4v) is 3.07. The van der Waals surface area contributed by atoms with Gasteiger partial charge in [-0.25, -0.2) is 4.79 Å². The molecule has 0 radical (unpaired) electrons. The molecule has 0 aromatic carbocycles. The molecule has 1 aromatic heterocycles. The normalized spacial score (nSPS) is 16.2. The molecule has 26 heavy (non-hydrogen) atoms. The molecule has 1 saturated heterocycles. The number of hydrogen-bond acceptors (Lipinski definition) is 6. The van der Waals surface area contributed by atoms with Crippen molar-refractivity contribution in [3.63, 3.8) is 0 Å². The molecule has 2 heterocycles. The molecule has 0 saturated carbocycles. The molecule has 0 atom stereocenters. The van der Waals surface area contributed by atoms with Gasteiger partial charge in [0.25, 0.3) is 5.56 Å². The third-order valence-electron chi connectivity index (χ3n) is 4.79. The van der Waals surface area contributed by atoms with Crippen LogP contribution in [0.4, 0.5) is 0 Å². The van der Waals surface area contributed by atoms with Crippen LogP contribution in [0.2, 0.25) is 0 Å².